The Kier molecular flexibility index (Phi) is 6.18. The summed E-state index contributed by atoms with van der Waals surface area (Å²) >= 11 is 0. The van der Waals surface area contributed by atoms with Gasteiger partial charge in [0.05, 0.1) is 33.1 Å². The second kappa shape index (κ2) is 7.67. The van der Waals surface area contributed by atoms with Crippen LogP contribution in [0.15, 0.2) is 30.0 Å². The van der Waals surface area contributed by atoms with Gasteiger partial charge in [-0.1, -0.05) is 26.8 Å². The molecule has 0 amide bonds. The van der Waals surface area contributed by atoms with Crippen molar-refractivity contribution in [3.8, 4) is 5.75 Å². The number of ether oxygens (including phenoxy) is 3. The van der Waals surface area contributed by atoms with Crippen LogP contribution in [0.4, 0.5) is 5.69 Å². The van der Waals surface area contributed by atoms with Crippen LogP contribution in [-0.4, -0.2) is 33.3 Å². The van der Waals surface area contributed by atoms with Crippen molar-refractivity contribution in [1.29, 1.82) is 0 Å². The molecule has 0 spiro atoms. The molecule has 0 saturated heterocycles. The van der Waals surface area contributed by atoms with Crippen LogP contribution in [0.5, 0.6) is 5.75 Å². The van der Waals surface area contributed by atoms with Gasteiger partial charge in [0.1, 0.15) is 11.4 Å². The van der Waals surface area contributed by atoms with E-state index in [0.29, 0.717) is 11.4 Å². The standard InChI is InChI=1S/C17H23NO5/c1-17(2,3)11-7-8-14(21-4)12(9-11)18-13(16(20)23-6)10-15(19)22-5/h7-10,18H,1-6H3/b13-10+. The highest BCUT2D eigenvalue weighted by Crippen LogP contribution is 2.32. The molecule has 0 radical (unpaired) electrons. The zero-order valence-corrected chi connectivity index (χ0v) is 14.4. The molecule has 1 N–H and O–H groups in total. The molecule has 0 aliphatic rings. The first-order chi connectivity index (χ1) is 10.7. The lowest BCUT2D eigenvalue weighted by molar-refractivity contribution is -0.138. The molecule has 6 heteroatoms. The van der Waals surface area contributed by atoms with E-state index in [4.69, 9.17) is 4.74 Å². The molecule has 0 atom stereocenters. The lowest BCUT2D eigenvalue weighted by Crippen LogP contribution is -2.17. The van der Waals surface area contributed by atoms with E-state index in [1.54, 1.807) is 6.07 Å². The number of rotatable bonds is 5. The Morgan fingerprint density at radius 3 is 2.22 bits per heavy atom. The summed E-state index contributed by atoms with van der Waals surface area (Å²) in [5.74, 6) is -0.805. The van der Waals surface area contributed by atoms with Crippen LogP contribution in [0.3, 0.4) is 0 Å². The van der Waals surface area contributed by atoms with Crippen molar-refractivity contribution in [2.75, 3.05) is 26.6 Å². The Morgan fingerprint density at radius 1 is 1.09 bits per heavy atom. The molecule has 0 unspecified atom stereocenters. The third-order valence-corrected chi connectivity index (χ3v) is 3.20. The van der Waals surface area contributed by atoms with E-state index >= 15 is 0 Å². The largest absolute Gasteiger partial charge is 0.495 e. The molecule has 1 aromatic rings. The Balaban J connectivity index is 3.28. The van der Waals surface area contributed by atoms with Crippen LogP contribution in [0.25, 0.3) is 0 Å². The summed E-state index contributed by atoms with van der Waals surface area (Å²) < 4.78 is 14.5. The average Bonchev–Trinajstić information content (AvgIpc) is 2.52. The fourth-order valence-corrected chi connectivity index (χ4v) is 1.85. The van der Waals surface area contributed by atoms with E-state index in [2.05, 4.69) is 35.6 Å². The van der Waals surface area contributed by atoms with Gasteiger partial charge in [-0.3, -0.25) is 0 Å². The van der Waals surface area contributed by atoms with E-state index in [1.165, 1.54) is 21.3 Å². The van der Waals surface area contributed by atoms with E-state index < -0.39 is 11.9 Å². The van der Waals surface area contributed by atoms with Crippen molar-refractivity contribution in [3.05, 3.63) is 35.5 Å². The summed E-state index contributed by atoms with van der Waals surface area (Å²) in [6.45, 7) is 6.22. The topological polar surface area (TPSA) is 73.9 Å². The van der Waals surface area contributed by atoms with Crippen molar-refractivity contribution >= 4 is 17.6 Å². The van der Waals surface area contributed by atoms with Crippen LogP contribution >= 0.6 is 0 Å². The normalized spacial score (nSPS) is 11.7. The lowest BCUT2D eigenvalue weighted by atomic mass is 9.87. The maximum absolute atomic E-state index is 11.8. The number of methoxy groups -OCH3 is 3. The van der Waals surface area contributed by atoms with Crippen LogP contribution in [0, 0.1) is 0 Å². The van der Waals surface area contributed by atoms with E-state index in [-0.39, 0.29) is 11.1 Å². The van der Waals surface area contributed by atoms with E-state index in [0.717, 1.165) is 11.6 Å². The van der Waals surface area contributed by atoms with Crippen LogP contribution in [0.2, 0.25) is 0 Å². The highest BCUT2D eigenvalue weighted by Gasteiger charge is 2.19. The Labute approximate surface area is 136 Å². The fourth-order valence-electron chi connectivity index (χ4n) is 1.85. The first kappa shape index (κ1) is 18.5. The fraction of sp³-hybridized carbons (Fsp3) is 0.412. The molecule has 0 bridgehead atoms. The first-order valence-corrected chi connectivity index (χ1v) is 7.06. The molecule has 0 aliphatic carbocycles. The molecule has 0 aromatic heterocycles. The lowest BCUT2D eigenvalue weighted by Gasteiger charge is -2.21. The van der Waals surface area contributed by atoms with Gasteiger partial charge in [-0.2, -0.15) is 0 Å². The molecule has 23 heavy (non-hydrogen) atoms. The number of carbonyl (C=O) groups excluding carboxylic acids is 2. The number of nitrogens with one attached hydrogen (secondary N) is 1. The molecule has 1 rings (SSSR count). The van der Waals surface area contributed by atoms with Gasteiger partial charge in [0, 0.05) is 0 Å². The number of hydrogen-bond donors (Lipinski definition) is 1. The predicted molar refractivity (Wildman–Crippen MR) is 87.4 cm³/mol. The summed E-state index contributed by atoms with van der Waals surface area (Å²) in [5, 5.41) is 2.89. The molecule has 6 nitrogen and oxygen atoms in total. The zero-order valence-electron chi connectivity index (χ0n) is 14.4. The second-order valence-electron chi connectivity index (χ2n) is 5.86. The maximum Gasteiger partial charge on any atom is 0.354 e. The molecule has 0 saturated carbocycles. The van der Waals surface area contributed by atoms with Gasteiger partial charge in [-0.25, -0.2) is 9.59 Å². The van der Waals surface area contributed by atoms with E-state index in [1.807, 2.05) is 12.1 Å². The number of hydrogen-bond acceptors (Lipinski definition) is 6. The summed E-state index contributed by atoms with van der Waals surface area (Å²) in [7, 11) is 3.99. The number of anilines is 1. The number of esters is 2. The van der Waals surface area contributed by atoms with E-state index in [9.17, 15) is 9.59 Å². The quantitative estimate of drug-likeness (QED) is 0.664. The van der Waals surface area contributed by atoms with Crippen molar-refractivity contribution < 1.29 is 23.8 Å². The molecule has 1 aromatic carbocycles. The van der Waals surface area contributed by atoms with Crippen molar-refractivity contribution in [2.24, 2.45) is 0 Å². The van der Waals surface area contributed by atoms with Gasteiger partial charge in [0.25, 0.3) is 0 Å². The molecule has 0 fully saturated rings. The minimum Gasteiger partial charge on any atom is -0.495 e. The summed E-state index contributed by atoms with van der Waals surface area (Å²) in [5.41, 5.74) is 1.48. The SMILES string of the molecule is COC(=O)/C=C(/Nc1cc(C(C)(C)C)ccc1OC)C(=O)OC. The second-order valence-corrected chi connectivity index (χ2v) is 5.86. The first-order valence-electron chi connectivity index (χ1n) is 7.06. The van der Waals surface area contributed by atoms with Gasteiger partial charge >= 0.3 is 11.9 Å². The molecule has 126 valence electrons. The maximum atomic E-state index is 11.8. The third kappa shape index (κ3) is 5.02. The summed E-state index contributed by atoms with van der Waals surface area (Å²) in [4.78, 5) is 23.3. The highest BCUT2D eigenvalue weighted by atomic mass is 16.5. The molecule has 0 heterocycles. The number of benzene rings is 1. The minimum absolute atomic E-state index is 0.0382. The van der Waals surface area contributed by atoms with Crippen molar-refractivity contribution in [1.82, 2.24) is 0 Å². The minimum atomic E-state index is -0.682. The van der Waals surface area contributed by atoms with Gasteiger partial charge in [-0.15, -0.1) is 0 Å². The Hall–Kier alpha value is -2.50. The summed E-state index contributed by atoms with van der Waals surface area (Å²) in [6.07, 6.45) is 1.04. The van der Waals surface area contributed by atoms with Gasteiger partial charge in [0.2, 0.25) is 0 Å². The van der Waals surface area contributed by atoms with Gasteiger partial charge in [-0.05, 0) is 23.1 Å². The number of carbonyl (C=O) groups is 2. The van der Waals surface area contributed by atoms with Crippen molar-refractivity contribution in [3.63, 3.8) is 0 Å². The van der Waals surface area contributed by atoms with Gasteiger partial charge in [0.15, 0.2) is 0 Å². The summed E-state index contributed by atoms with van der Waals surface area (Å²) in [6, 6.07) is 5.62. The van der Waals surface area contributed by atoms with Gasteiger partial charge < -0.3 is 19.5 Å². The monoisotopic (exact) mass is 321 g/mol. The molecular weight excluding hydrogens is 298 g/mol. The molecular formula is C17H23NO5. The predicted octanol–water partition coefficient (Wildman–Crippen LogP) is 2.63. The smallest absolute Gasteiger partial charge is 0.354 e. The molecule has 0 aliphatic heterocycles. The van der Waals surface area contributed by atoms with Crippen molar-refractivity contribution in [2.45, 2.75) is 26.2 Å². The van der Waals surface area contributed by atoms with Crippen LogP contribution in [-0.2, 0) is 24.5 Å². The van der Waals surface area contributed by atoms with Crippen LogP contribution in [0.1, 0.15) is 26.3 Å². The third-order valence-electron chi connectivity index (χ3n) is 3.20. The highest BCUT2D eigenvalue weighted by molar-refractivity contribution is 5.99. The Bertz CT molecular complexity index is 614. The average molecular weight is 321 g/mol. The Morgan fingerprint density at radius 2 is 1.74 bits per heavy atom. The van der Waals surface area contributed by atoms with Crippen LogP contribution < -0.4 is 10.1 Å². The zero-order chi connectivity index (χ0) is 17.6.